The van der Waals surface area contributed by atoms with E-state index in [0.717, 1.165) is 31.1 Å². The lowest BCUT2D eigenvalue weighted by atomic mass is 10.4. The molecule has 18 heavy (non-hydrogen) atoms. The standard InChI is InChI=1S/C13H23N3O2/c1-3-9-18-12-5-4-6-15-13(12)16-8-7-14-10-11(2)17/h4-6,11,14,17H,3,7-10H2,1-2H3,(H,15,16). The maximum Gasteiger partial charge on any atom is 0.168 e. The quantitative estimate of drug-likeness (QED) is 0.578. The SMILES string of the molecule is CCCOc1cccnc1NCCNCC(C)O. The monoisotopic (exact) mass is 253 g/mol. The molecule has 0 spiro atoms. The molecule has 102 valence electrons. The summed E-state index contributed by atoms with van der Waals surface area (Å²) < 4.78 is 5.60. The molecule has 3 N–H and O–H groups in total. The molecule has 0 saturated carbocycles. The maximum atomic E-state index is 9.09. The van der Waals surface area contributed by atoms with E-state index in [1.807, 2.05) is 12.1 Å². The Bertz CT molecular complexity index is 332. The van der Waals surface area contributed by atoms with Crippen LogP contribution >= 0.6 is 0 Å². The second-order valence-corrected chi connectivity index (χ2v) is 4.18. The van der Waals surface area contributed by atoms with Gasteiger partial charge < -0.3 is 20.5 Å². The van der Waals surface area contributed by atoms with E-state index in [2.05, 4.69) is 22.5 Å². The van der Waals surface area contributed by atoms with Gasteiger partial charge in [-0.3, -0.25) is 0 Å². The third kappa shape index (κ3) is 5.84. The van der Waals surface area contributed by atoms with Gasteiger partial charge in [0.25, 0.3) is 0 Å². The van der Waals surface area contributed by atoms with E-state index in [4.69, 9.17) is 9.84 Å². The van der Waals surface area contributed by atoms with Crippen molar-refractivity contribution < 1.29 is 9.84 Å². The summed E-state index contributed by atoms with van der Waals surface area (Å²) in [6.07, 6.45) is 2.40. The highest BCUT2D eigenvalue weighted by Gasteiger charge is 2.03. The van der Waals surface area contributed by atoms with E-state index in [1.165, 1.54) is 0 Å². The van der Waals surface area contributed by atoms with Crippen LogP contribution in [0.5, 0.6) is 5.75 Å². The van der Waals surface area contributed by atoms with E-state index < -0.39 is 0 Å². The van der Waals surface area contributed by atoms with E-state index in [0.29, 0.717) is 13.2 Å². The van der Waals surface area contributed by atoms with Crippen molar-refractivity contribution in [3.63, 3.8) is 0 Å². The third-order valence-electron chi connectivity index (χ3n) is 2.27. The maximum absolute atomic E-state index is 9.09. The Morgan fingerprint density at radius 3 is 3.00 bits per heavy atom. The first-order valence-electron chi connectivity index (χ1n) is 6.44. The first kappa shape index (κ1) is 14.7. The van der Waals surface area contributed by atoms with Crippen LogP contribution in [0.25, 0.3) is 0 Å². The first-order valence-corrected chi connectivity index (χ1v) is 6.44. The molecule has 5 nitrogen and oxygen atoms in total. The normalized spacial score (nSPS) is 12.2. The zero-order valence-electron chi connectivity index (χ0n) is 11.1. The van der Waals surface area contributed by atoms with Gasteiger partial charge in [0.2, 0.25) is 0 Å². The van der Waals surface area contributed by atoms with Crippen LogP contribution in [0.1, 0.15) is 20.3 Å². The summed E-state index contributed by atoms with van der Waals surface area (Å²) in [6.45, 7) is 6.64. The van der Waals surface area contributed by atoms with Gasteiger partial charge in [-0.05, 0) is 25.5 Å². The molecule has 0 radical (unpaired) electrons. The highest BCUT2D eigenvalue weighted by Crippen LogP contribution is 2.20. The fourth-order valence-electron chi connectivity index (χ4n) is 1.43. The van der Waals surface area contributed by atoms with E-state index >= 15 is 0 Å². The zero-order valence-corrected chi connectivity index (χ0v) is 11.1. The highest BCUT2D eigenvalue weighted by atomic mass is 16.5. The average molecular weight is 253 g/mol. The van der Waals surface area contributed by atoms with E-state index in [9.17, 15) is 0 Å². The Morgan fingerprint density at radius 2 is 2.28 bits per heavy atom. The topological polar surface area (TPSA) is 66.4 Å². The molecule has 1 unspecified atom stereocenters. The Labute approximate surface area is 109 Å². The van der Waals surface area contributed by atoms with Crippen molar-refractivity contribution in [3.05, 3.63) is 18.3 Å². The smallest absolute Gasteiger partial charge is 0.168 e. The largest absolute Gasteiger partial charge is 0.490 e. The summed E-state index contributed by atoms with van der Waals surface area (Å²) in [7, 11) is 0. The van der Waals surface area contributed by atoms with Crippen LogP contribution in [0, 0.1) is 0 Å². The summed E-state index contributed by atoms with van der Waals surface area (Å²) in [6, 6.07) is 3.77. The van der Waals surface area contributed by atoms with Crippen LogP contribution in [0.2, 0.25) is 0 Å². The molecule has 0 aliphatic rings. The molecule has 1 heterocycles. The van der Waals surface area contributed by atoms with Crippen LogP contribution in [-0.4, -0.2) is 42.4 Å². The molecule has 1 aromatic rings. The van der Waals surface area contributed by atoms with Crippen LogP contribution in [0.15, 0.2) is 18.3 Å². The van der Waals surface area contributed by atoms with Gasteiger partial charge in [-0.1, -0.05) is 6.92 Å². The van der Waals surface area contributed by atoms with Crippen molar-refractivity contribution in [1.29, 1.82) is 0 Å². The van der Waals surface area contributed by atoms with Crippen molar-refractivity contribution in [1.82, 2.24) is 10.3 Å². The number of aliphatic hydroxyl groups is 1. The molecule has 0 aliphatic carbocycles. The summed E-state index contributed by atoms with van der Waals surface area (Å²) in [5, 5.41) is 15.4. The summed E-state index contributed by atoms with van der Waals surface area (Å²) >= 11 is 0. The van der Waals surface area contributed by atoms with Gasteiger partial charge >= 0.3 is 0 Å². The van der Waals surface area contributed by atoms with E-state index in [1.54, 1.807) is 13.1 Å². The number of anilines is 1. The minimum Gasteiger partial charge on any atom is -0.490 e. The molecular formula is C13H23N3O2. The fraction of sp³-hybridized carbons (Fsp3) is 0.615. The number of nitrogens with zero attached hydrogens (tertiary/aromatic N) is 1. The van der Waals surface area contributed by atoms with Gasteiger partial charge in [0.1, 0.15) is 0 Å². The average Bonchev–Trinajstić information content (AvgIpc) is 2.36. The molecule has 0 aromatic carbocycles. The lowest BCUT2D eigenvalue weighted by Crippen LogP contribution is -2.29. The van der Waals surface area contributed by atoms with Gasteiger partial charge in [-0.15, -0.1) is 0 Å². The number of ether oxygens (including phenoxy) is 1. The number of rotatable bonds is 9. The summed E-state index contributed by atoms with van der Waals surface area (Å²) in [4.78, 5) is 4.25. The zero-order chi connectivity index (χ0) is 13.2. The van der Waals surface area contributed by atoms with Crippen LogP contribution in [0.4, 0.5) is 5.82 Å². The first-order chi connectivity index (χ1) is 8.74. The number of pyridine rings is 1. The molecular weight excluding hydrogens is 230 g/mol. The lowest BCUT2D eigenvalue weighted by molar-refractivity contribution is 0.192. The molecule has 0 amide bonds. The van der Waals surface area contributed by atoms with E-state index in [-0.39, 0.29) is 6.10 Å². The Morgan fingerprint density at radius 1 is 1.44 bits per heavy atom. The second kappa shape index (κ2) is 8.72. The van der Waals surface area contributed by atoms with Crippen LogP contribution in [-0.2, 0) is 0 Å². The molecule has 1 rings (SSSR count). The Kier molecular flexibility index (Phi) is 7.13. The van der Waals surface area contributed by atoms with Gasteiger partial charge in [0.05, 0.1) is 12.7 Å². The molecule has 0 saturated heterocycles. The van der Waals surface area contributed by atoms with Crippen molar-refractivity contribution >= 4 is 5.82 Å². The van der Waals surface area contributed by atoms with Gasteiger partial charge in [0, 0.05) is 25.8 Å². The molecule has 1 aromatic heterocycles. The fourth-order valence-corrected chi connectivity index (χ4v) is 1.43. The minimum absolute atomic E-state index is 0.316. The van der Waals surface area contributed by atoms with Crippen LogP contribution in [0.3, 0.4) is 0 Å². The minimum atomic E-state index is -0.316. The number of hydrogen-bond acceptors (Lipinski definition) is 5. The molecule has 0 bridgehead atoms. The van der Waals surface area contributed by atoms with Gasteiger partial charge in [-0.25, -0.2) is 4.98 Å². The van der Waals surface area contributed by atoms with Crippen molar-refractivity contribution in [3.8, 4) is 5.75 Å². The summed E-state index contributed by atoms with van der Waals surface area (Å²) in [5.41, 5.74) is 0. The predicted molar refractivity (Wildman–Crippen MR) is 73.1 cm³/mol. The number of aliphatic hydroxyl groups excluding tert-OH is 1. The Hall–Kier alpha value is -1.33. The number of nitrogens with one attached hydrogen (secondary N) is 2. The Balaban J connectivity index is 2.32. The van der Waals surface area contributed by atoms with Crippen molar-refractivity contribution in [2.45, 2.75) is 26.4 Å². The van der Waals surface area contributed by atoms with Crippen molar-refractivity contribution in [2.24, 2.45) is 0 Å². The predicted octanol–water partition coefficient (Wildman–Crippen LogP) is 1.25. The summed E-state index contributed by atoms with van der Waals surface area (Å²) in [5.74, 6) is 1.56. The highest BCUT2D eigenvalue weighted by molar-refractivity contribution is 5.49. The lowest BCUT2D eigenvalue weighted by Gasteiger charge is -2.12. The number of aromatic nitrogens is 1. The van der Waals surface area contributed by atoms with Gasteiger partial charge in [-0.2, -0.15) is 0 Å². The number of hydrogen-bond donors (Lipinski definition) is 3. The van der Waals surface area contributed by atoms with Gasteiger partial charge in [0.15, 0.2) is 11.6 Å². The molecule has 0 fully saturated rings. The molecule has 1 atom stereocenters. The molecule has 0 aliphatic heterocycles. The van der Waals surface area contributed by atoms with Crippen molar-refractivity contribution in [2.75, 3.05) is 31.6 Å². The molecule has 5 heteroatoms. The third-order valence-corrected chi connectivity index (χ3v) is 2.27. The van der Waals surface area contributed by atoms with Crippen LogP contribution < -0.4 is 15.4 Å². The second-order valence-electron chi connectivity index (χ2n) is 4.18.